The van der Waals surface area contributed by atoms with Crippen molar-refractivity contribution >= 4 is 0 Å². The molecular weight excluding hydrogens is 148 g/mol. The third-order valence-corrected chi connectivity index (χ3v) is 1.97. The van der Waals surface area contributed by atoms with Crippen molar-refractivity contribution in [1.82, 2.24) is 10.3 Å². The molecule has 0 radical (unpaired) electrons. The van der Waals surface area contributed by atoms with Crippen LogP contribution in [-0.4, -0.2) is 18.1 Å². The normalized spacial score (nSPS) is 10.2. The predicted octanol–water partition coefficient (Wildman–Crippen LogP) is 1.54. The lowest BCUT2D eigenvalue weighted by Crippen LogP contribution is -2.16. The van der Waals surface area contributed by atoms with Gasteiger partial charge in [0.2, 0.25) is 0 Å². The van der Waals surface area contributed by atoms with Crippen molar-refractivity contribution in [2.45, 2.75) is 20.3 Å². The highest BCUT2D eigenvalue weighted by molar-refractivity contribution is 5.21. The summed E-state index contributed by atoms with van der Waals surface area (Å²) in [5, 5.41) is 3.30. The van der Waals surface area contributed by atoms with Crippen LogP contribution in [0.4, 0.5) is 0 Å². The van der Waals surface area contributed by atoms with E-state index in [0.29, 0.717) is 0 Å². The van der Waals surface area contributed by atoms with E-state index in [1.54, 1.807) is 0 Å². The topological polar surface area (TPSA) is 24.9 Å². The summed E-state index contributed by atoms with van der Waals surface area (Å²) in [4.78, 5) is 4.10. The molecule has 0 spiro atoms. The van der Waals surface area contributed by atoms with Gasteiger partial charge in [-0.2, -0.15) is 0 Å². The summed E-state index contributed by atoms with van der Waals surface area (Å²) in [6.45, 7) is 6.33. The quantitative estimate of drug-likeness (QED) is 0.683. The molecule has 0 aliphatic carbocycles. The summed E-state index contributed by atoms with van der Waals surface area (Å²) in [7, 11) is 0. The molecule has 0 amide bonds. The lowest BCUT2D eigenvalue weighted by atomic mass is 10.1. The Morgan fingerprint density at radius 2 is 2.33 bits per heavy atom. The van der Waals surface area contributed by atoms with Gasteiger partial charge in [-0.15, -0.1) is 0 Å². The van der Waals surface area contributed by atoms with Crippen LogP contribution in [0.1, 0.15) is 18.1 Å². The molecule has 0 saturated heterocycles. The van der Waals surface area contributed by atoms with Gasteiger partial charge in [-0.05, 0) is 43.6 Å². The van der Waals surface area contributed by atoms with E-state index in [0.717, 1.165) is 19.5 Å². The summed E-state index contributed by atoms with van der Waals surface area (Å²) < 4.78 is 0. The fourth-order valence-electron chi connectivity index (χ4n) is 1.16. The Labute approximate surface area is 74.0 Å². The molecule has 66 valence electrons. The maximum absolute atomic E-state index is 4.10. The zero-order valence-electron chi connectivity index (χ0n) is 7.80. The van der Waals surface area contributed by atoms with E-state index < -0.39 is 0 Å². The first-order chi connectivity index (χ1) is 5.84. The van der Waals surface area contributed by atoms with E-state index in [1.165, 1.54) is 11.1 Å². The van der Waals surface area contributed by atoms with Gasteiger partial charge in [0.15, 0.2) is 0 Å². The van der Waals surface area contributed by atoms with E-state index in [1.807, 2.05) is 12.4 Å². The largest absolute Gasteiger partial charge is 0.317 e. The van der Waals surface area contributed by atoms with Crippen LogP contribution < -0.4 is 5.32 Å². The van der Waals surface area contributed by atoms with Crippen LogP contribution in [0.25, 0.3) is 0 Å². The summed E-state index contributed by atoms with van der Waals surface area (Å²) in [6, 6.07) is 2.06. The van der Waals surface area contributed by atoms with Crippen LogP contribution in [0.5, 0.6) is 0 Å². The number of rotatable bonds is 4. The average Bonchev–Trinajstić information content (AvgIpc) is 2.09. The van der Waals surface area contributed by atoms with Crippen LogP contribution >= 0.6 is 0 Å². The van der Waals surface area contributed by atoms with Crippen LogP contribution in [0.2, 0.25) is 0 Å². The molecule has 0 fully saturated rings. The fourth-order valence-corrected chi connectivity index (χ4v) is 1.16. The molecule has 2 heteroatoms. The monoisotopic (exact) mass is 164 g/mol. The van der Waals surface area contributed by atoms with Gasteiger partial charge in [-0.1, -0.05) is 6.92 Å². The van der Waals surface area contributed by atoms with E-state index in [9.17, 15) is 0 Å². The van der Waals surface area contributed by atoms with Crippen molar-refractivity contribution < 1.29 is 0 Å². The number of nitrogens with zero attached hydrogens (tertiary/aromatic N) is 1. The summed E-state index contributed by atoms with van der Waals surface area (Å²) in [6.07, 6.45) is 4.87. The molecule has 0 aliphatic heterocycles. The molecular formula is C10H16N2. The van der Waals surface area contributed by atoms with E-state index >= 15 is 0 Å². The standard InChI is InChI=1S/C10H16N2/c1-3-11-7-5-10-8-12-6-4-9(10)2/h4,6,8,11H,3,5,7H2,1-2H3. The number of hydrogen-bond donors (Lipinski definition) is 1. The van der Waals surface area contributed by atoms with Crippen LogP contribution in [0.15, 0.2) is 18.5 Å². The summed E-state index contributed by atoms with van der Waals surface area (Å²) in [5.74, 6) is 0. The molecule has 1 heterocycles. The molecule has 1 N–H and O–H groups in total. The zero-order chi connectivity index (χ0) is 8.81. The van der Waals surface area contributed by atoms with E-state index in [4.69, 9.17) is 0 Å². The van der Waals surface area contributed by atoms with Gasteiger partial charge in [-0.25, -0.2) is 0 Å². The number of aryl methyl sites for hydroxylation is 1. The number of pyridine rings is 1. The second-order valence-corrected chi connectivity index (χ2v) is 2.91. The van der Waals surface area contributed by atoms with Gasteiger partial charge < -0.3 is 5.32 Å². The highest BCUT2D eigenvalue weighted by atomic mass is 14.8. The average molecular weight is 164 g/mol. The van der Waals surface area contributed by atoms with Crippen molar-refractivity contribution in [2.24, 2.45) is 0 Å². The highest BCUT2D eigenvalue weighted by Gasteiger charge is 1.95. The number of nitrogens with one attached hydrogen (secondary N) is 1. The molecule has 0 bridgehead atoms. The SMILES string of the molecule is CCNCCc1cnccc1C. The fraction of sp³-hybridized carbons (Fsp3) is 0.500. The maximum Gasteiger partial charge on any atom is 0.0302 e. The van der Waals surface area contributed by atoms with Gasteiger partial charge in [0.05, 0.1) is 0 Å². The molecule has 2 nitrogen and oxygen atoms in total. The van der Waals surface area contributed by atoms with Crippen molar-refractivity contribution in [3.8, 4) is 0 Å². The van der Waals surface area contributed by atoms with E-state index in [-0.39, 0.29) is 0 Å². The van der Waals surface area contributed by atoms with Gasteiger partial charge in [-0.3, -0.25) is 4.98 Å². The first-order valence-electron chi connectivity index (χ1n) is 4.44. The molecule has 0 saturated carbocycles. The van der Waals surface area contributed by atoms with Gasteiger partial charge in [0.25, 0.3) is 0 Å². The highest BCUT2D eigenvalue weighted by Crippen LogP contribution is 2.04. The molecule has 0 atom stereocenters. The van der Waals surface area contributed by atoms with Crippen LogP contribution in [0.3, 0.4) is 0 Å². The van der Waals surface area contributed by atoms with Crippen molar-refractivity contribution in [1.29, 1.82) is 0 Å². The molecule has 0 aliphatic rings. The number of hydrogen-bond acceptors (Lipinski definition) is 2. The predicted molar refractivity (Wildman–Crippen MR) is 51.2 cm³/mol. The maximum atomic E-state index is 4.10. The van der Waals surface area contributed by atoms with E-state index in [2.05, 4.69) is 30.2 Å². The Hall–Kier alpha value is -0.890. The lowest BCUT2D eigenvalue weighted by molar-refractivity contribution is 0.713. The summed E-state index contributed by atoms with van der Waals surface area (Å²) in [5.41, 5.74) is 2.68. The smallest absolute Gasteiger partial charge is 0.0302 e. The second-order valence-electron chi connectivity index (χ2n) is 2.91. The van der Waals surface area contributed by atoms with Gasteiger partial charge in [0.1, 0.15) is 0 Å². The Balaban J connectivity index is 2.46. The molecule has 0 aromatic carbocycles. The van der Waals surface area contributed by atoms with Crippen LogP contribution in [0, 0.1) is 6.92 Å². The number of likely N-dealkylation sites (N-methyl/N-ethyl adjacent to an activating group) is 1. The Morgan fingerprint density at radius 1 is 1.50 bits per heavy atom. The molecule has 1 aromatic heterocycles. The first kappa shape index (κ1) is 9.20. The van der Waals surface area contributed by atoms with Crippen molar-refractivity contribution in [3.63, 3.8) is 0 Å². The second kappa shape index (κ2) is 4.88. The lowest BCUT2D eigenvalue weighted by Gasteiger charge is -2.04. The van der Waals surface area contributed by atoms with Gasteiger partial charge in [0, 0.05) is 12.4 Å². The third-order valence-electron chi connectivity index (χ3n) is 1.97. The zero-order valence-corrected chi connectivity index (χ0v) is 7.80. The molecule has 1 aromatic rings. The Bertz CT molecular complexity index is 233. The summed E-state index contributed by atoms with van der Waals surface area (Å²) >= 11 is 0. The first-order valence-corrected chi connectivity index (χ1v) is 4.44. The van der Waals surface area contributed by atoms with Crippen molar-refractivity contribution in [3.05, 3.63) is 29.6 Å². The Kier molecular flexibility index (Phi) is 3.74. The Morgan fingerprint density at radius 3 is 3.00 bits per heavy atom. The number of aromatic nitrogens is 1. The minimum Gasteiger partial charge on any atom is -0.317 e. The molecule has 12 heavy (non-hydrogen) atoms. The third kappa shape index (κ3) is 2.62. The minimum absolute atomic E-state index is 1.04. The van der Waals surface area contributed by atoms with Gasteiger partial charge >= 0.3 is 0 Å². The van der Waals surface area contributed by atoms with Crippen LogP contribution in [-0.2, 0) is 6.42 Å². The molecule has 0 unspecified atom stereocenters. The minimum atomic E-state index is 1.04. The molecule has 1 rings (SSSR count). The van der Waals surface area contributed by atoms with Crippen molar-refractivity contribution in [2.75, 3.05) is 13.1 Å².